The molecule has 6 heteroatoms. The van der Waals surface area contributed by atoms with Gasteiger partial charge in [-0.2, -0.15) is 0 Å². The van der Waals surface area contributed by atoms with Crippen LogP contribution in [0.4, 0.5) is 5.69 Å². The Morgan fingerprint density at radius 3 is 2.45 bits per heavy atom. The van der Waals surface area contributed by atoms with Gasteiger partial charge in [-0.15, -0.1) is 0 Å². The zero-order valence-electron chi connectivity index (χ0n) is 12.4. The van der Waals surface area contributed by atoms with Crippen molar-refractivity contribution in [3.8, 4) is 0 Å². The Labute approximate surface area is 122 Å². The summed E-state index contributed by atoms with van der Waals surface area (Å²) in [5, 5.41) is 3.25. The summed E-state index contributed by atoms with van der Waals surface area (Å²) < 4.78 is 26.8. The first-order chi connectivity index (χ1) is 9.40. The van der Waals surface area contributed by atoms with Gasteiger partial charge < -0.3 is 11.1 Å². The largest absolute Gasteiger partial charge is 0.380 e. The van der Waals surface area contributed by atoms with Crippen LogP contribution in [0, 0.1) is 5.92 Å². The highest BCUT2D eigenvalue weighted by molar-refractivity contribution is 7.89. The van der Waals surface area contributed by atoms with E-state index in [1.54, 1.807) is 25.1 Å². The fourth-order valence-electron chi connectivity index (χ4n) is 2.09. The molecule has 0 aliphatic carbocycles. The van der Waals surface area contributed by atoms with Gasteiger partial charge in [0.05, 0.1) is 5.69 Å². The molecule has 1 aromatic rings. The van der Waals surface area contributed by atoms with Crippen molar-refractivity contribution in [3.63, 3.8) is 0 Å². The van der Waals surface area contributed by atoms with E-state index < -0.39 is 10.0 Å². The first kappa shape index (κ1) is 16.9. The van der Waals surface area contributed by atoms with E-state index in [9.17, 15) is 8.42 Å². The van der Waals surface area contributed by atoms with Gasteiger partial charge in [-0.05, 0) is 24.5 Å². The molecule has 0 bridgehead atoms. The van der Waals surface area contributed by atoms with Gasteiger partial charge in [0.2, 0.25) is 10.0 Å². The van der Waals surface area contributed by atoms with E-state index in [2.05, 4.69) is 23.9 Å². The highest BCUT2D eigenvalue weighted by Gasteiger charge is 2.19. The molecule has 0 saturated heterocycles. The molecule has 20 heavy (non-hydrogen) atoms. The lowest BCUT2D eigenvalue weighted by molar-refractivity contribution is 0.521. The van der Waals surface area contributed by atoms with Crippen molar-refractivity contribution in [2.45, 2.75) is 38.1 Å². The fraction of sp³-hybridized carbons (Fsp3) is 0.571. The lowest BCUT2D eigenvalue weighted by atomic mass is 10.0. The van der Waals surface area contributed by atoms with Crippen LogP contribution in [-0.2, 0) is 10.0 Å². The molecule has 5 nitrogen and oxygen atoms in total. The number of sulfonamides is 1. The maximum atomic E-state index is 12.2. The van der Waals surface area contributed by atoms with Gasteiger partial charge >= 0.3 is 0 Å². The Morgan fingerprint density at radius 1 is 1.25 bits per heavy atom. The maximum Gasteiger partial charge on any atom is 0.242 e. The maximum absolute atomic E-state index is 12.2. The molecule has 0 aliphatic heterocycles. The Kier molecular flexibility index (Phi) is 6.45. The van der Waals surface area contributed by atoms with Gasteiger partial charge in [0, 0.05) is 19.1 Å². The van der Waals surface area contributed by atoms with Crippen molar-refractivity contribution >= 4 is 15.7 Å². The monoisotopic (exact) mass is 299 g/mol. The van der Waals surface area contributed by atoms with E-state index in [1.807, 2.05) is 6.07 Å². The minimum Gasteiger partial charge on any atom is -0.380 e. The average molecular weight is 299 g/mol. The van der Waals surface area contributed by atoms with E-state index in [-0.39, 0.29) is 10.9 Å². The molecule has 1 unspecified atom stereocenters. The summed E-state index contributed by atoms with van der Waals surface area (Å²) in [6.07, 6.45) is 0.895. The second kappa shape index (κ2) is 7.61. The minimum absolute atomic E-state index is 0.0629. The van der Waals surface area contributed by atoms with Crippen molar-refractivity contribution < 1.29 is 8.42 Å². The number of rotatable bonds is 8. The van der Waals surface area contributed by atoms with Crippen LogP contribution in [0.3, 0.4) is 0 Å². The summed E-state index contributed by atoms with van der Waals surface area (Å²) in [4.78, 5) is 0.268. The molecule has 0 heterocycles. The van der Waals surface area contributed by atoms with Crippen LogP contribution in [0.15, 0.2) is 29.2 Å². The Morgan fingerprint density at radius 2 is 1.90 bits per heavy atom. The molecule has 0 saturated carbocycles. The summed E-state index contributed by atoms with van der Waals surface area (Å²) in [5.41, 5.74) is 6.36. The molecular formula is C14H25N3O2S. The van der Waals surface area contributed by atoms with E-state index in [0.717, 1.165) is 6.42 Å². The molecule has 0 aromatic heterocycles. The van der Waals surface area contributed by atoms with Gasteiger partial charge in [0.25, 0.3) is 0 Å². The van der Waals surface area contributed by atoms with E-state index >= 15 is 0 Å². The first-order valence-electron chi connectivity index (χ1n) is 6.96. The van der Waals surface area contributed by atoms with Gasteiger partial charge in [-0.3, -0.25) is 0 Å². The predicted molar refractivity (Wildman–Crippen MR) is 83.2 cm³/mol. The number of nitrogens with one attached hydrogen (secondary N) is 2. The van der Waals surface area contributed by atoms with Crippen molar-refractivity contribution in [3.05, 3.63) is 24.3 Å². The van der Waals surface area contributed by atoms with Crippen molar-refractivity contribution in [2.75, 3.05) is 18.4 Å². The molecule has 1 atom stereocenters. The number of anilines is 1. The molecule has 1 aromatic carbocycles. The van der Waals surface area contributed by atoms with E-state index in [0.29, 0.717) is 24.7 Å². The third-order valence-electron chi connectivity index (χ3n) is 2.91. The fourth-order valence-corrected chi connectivity index (χ4v) is 3.30. The summed E-state index contributed by atoms with van der Waals surface area (Å²) in [5.74, 6) is 0.494. The van der Waals surface area contributed by atoms with Crippen molar-refractivity contribution in [1.29, 1.82) is 0 Å². The Balaban J connectivity index is 3.01. The number of benzene rings is 1. The number of hydrogen-bond acceptors (Lipinski definition) is 4. The van der Waals surface area contributed by atoms with Crippen LogP contribution in [0.5, 0.6) is 0 Å². The minimum atomic E-state index is -3.48. The lowest BCUT2D eigenvalue weighted by Gasteiger charge is -2.21. The molecule has 0 spiro atoms. The lowest BCUT2D eigenvalue weighted by Crippen LogP contribution is -2.32. The van der Waals surface area contributed by atoms with Crippen molar-refractivity contribution in [1.82, 2.24) is 4.72 Å². The second-order valence-electron chi connectivity index (χ2n) is 5.20. The van der Waals surface area contributed by atoms with Gasteiger partial charge in [0.15, 0.2) is 0 Å². The van der Waals surface area contributed by atoms with Crippen LogP contribution in [0.1, 0.15) is 27.2 Å². The average Bonchev–Trinajstić information content (AvgIpc) is 2.37. The SMILES string of the molecule is CCNS(=O)(=O)c1ccccc1NC(CN)CC(C)C. The van der Waals surface area contributed by atoms with E-state index in [1.165, 1.54) is 0 Å². The Bertz CT molecular complexity index is 515. The van der Waals surface area contributed by atoms with Crippen LogP contribution in [0.2, 0.25) is 0 Å². The van der Waals surface area contributed by atoms with Gasteiger partial charge in [0.1, 0.15) is 4.90 Å². The van der Waals surface area contributed by atoms with Crippen LogP contribution < -0.4 is 15.8 Å². The first-order valence-corrected chi connectivity index (χ1v) is 8.44. The van der Waals surface area contributed by atoms with Gasteiger partial charge in [-0.1, -0.05) is 32.9 Å². The molecule has 0 fully saturated rings. The third-order valence-corrected chi connectivity index (χ3v) is 4.51. The summed E-state index contributed by atoms with van der Waals surface area (Å²) in [6, 6.07) is 6.97. The highest BCUT2D eigenvalue weighted by Crippen LogP contribution is 2.22. The van der Waals surface area contributed by atoms with Crippen LogP contribution in [-0.4, -0.2) is 27.5 Å². The quantitative estimate of drug-likeness (QED) is 0.683. The topological polar surface area (TPSA) is 84.2 Å². The molecule has 114 valence electrons. The molecule has 0 aliphatic rings. The zero-order chi connectivity index (χ0) is 15.2. The van der Waals surface area contributed by atoms with E-state index in [4.69, 9.17) is 5.73 Å². The number of nitrogens with two attached hydrogens (primary N) is 1. The highest BCUT2D eigenvalue weighted by atomic mass is 32.2. The number of hydrogen-bond donors (Lipinski definition) is 3. The van der Waals surface area contributed by atoms with Gasteiger partial charge in [-0.25, -0.2) is 13.1 Å². The number of para-hydroxylation sites is 1. The smallest absolute Gasteiger partial charge is 0.242 e. The summed E-state index contributed by atoms with van der Waals surface area (Å²) >= 11 is 0. The molecular weight excluding hydrogens is 274 g/mol. The molecule has 1 rings (SSSR count). The molecule has 4 N–H and O–H groups in total. The summed E-state index contributed by atoms with van der Waals surface area (Å²) in [6.45, 7) is 6.82. The standard InChI is InChI=1S/C14H25N3O2S/c1-4-16-20(18,19)14-8-6-5-7-13(14)17-12(10-15)9-11(2)3/h5-8,11-12,16-17H,4,9-10,15H2,1-3H3. The van der Waals surface area contributed by atoms with Crippen LogP contribution in [0.25, 0.3) is 0 Å². The van der Waals surface area contributed by atoms with Crippen LogP contribution >= 0.6 is 0 Å². The van der Waals surface area contributed by atoms with Crippen molar-refractivity contribution in [2.24, 2.45) is 11.7 Å². The summed E-state index contributed by atoms with van der Waals surface area (Å²) in [7, 11) is -3.48. The molecule has 0 radical (unpaired) electrons. The molecule has 0 amide bonds. The predicted octanol–water partition coefficient (Wildman–Crippen LogP) is 1.77. The normalized spacial score (nSPS) is 13.4. The Hall–Kier alpha value is -1.11. The third kappa shape index (κ3) is 4.77. The second-order valence-corrected chi connectivity index (χ2v) is 6.94. The zero-order valence-corrected chi connectivity index (χ0v) is 13.2.